The van der Waals surface area contributed by atoms with Crippen LogP contribution in [0.5, 0.6) is 0 Å². The molecule has 2 heterocycles. The van der Waals surface area contributed by atoms with Crippen LogP contribution in [-0.4, -0.2) is 19.7 Å². The summed E-state index contributed by atoms with van der Waals surface area (Å²) in [6.45, 7) is 5.76. The number of hydrogen-bond acceptors (Lipinski definition) is 3. The number of aromatic amines is 1. The van der Waals surface area contributed by atoms with Crippen molar-refractivity contribution in [2.75, 3.05) is 5.32 Å². The zero-order valence-corrected chi connectivity index (χ0v) is 8.99. The van der Waals surface area contributed by atoms with E-state index in [9.17, 15) is 0 Å². The fourth-order valence-corrected chi connectivity index (χ4v) is 1.48. The topological polar surface area (TPSA) is 58.5 Å². The summed E-state index contributed by atoms with van der Waals surface area (Å²) in [4.78, 5) is 4.40. The fraction of sp³-hybridized carbons (Fsp3) is 0.400. The highest BCUT2D eigenvalue weighted by molar-refractivity contribution is 5.29. The minimum atomic E-state index is 0.743. The van der Waals surface area contributed by atoms with Gasteiger partial charge in [-0.1, -0.05) is 0 Å². The van der Waals surface area contributed by atoms with E-state index in [1.165, 1.54) is 0 Å². The minimum Gasteiger partial charge on any atom is -0.351 e. The predicted octanol–water partition coefficient (Wildman–Crippen LogP) is 1.55. The lowest BCUT2D eigenvalue weighted by atomic mass is 10.4. The molecule has 2 N–H and O–H groups in total. The van der Waals surface area contributed by atoms with Crippen LogP contribution in [-0.2, 0) is 13.1 Å². The molecule has 2 aromatic rings. The first-order valence-corrected chi connectivity index (χ1v) is 5.05. The molecule has 0 radical (unpaired) electrons. The molecule has 5 nitrogen and oxygen atoms in total. The van der Waals surface area contributed by atoms with E-state index in [4.69, 9.17) is 0 Å². The van der Waals surface area contributed by atoms with Crippen LogP contribution in [0.4, 0.5) is 5.95 Å². The van der Waals surface area contributed by atoms with Gasteiger partial charge in [0, 0.05) is 31.0 Å². The van der Waals surface area contributed by atoms with E-state index in [1.54, 1.807) is 6.20 Å². The van der Waals surface area contributed by atoms with Crippen LogP contribution < -0.4 is 5.32 Å². The zero-order chi connectivity index (χ0) is 10.7. The van der Waals surface area contributed by atoms with Gasteiger partial charge in [0.1, 0.15) is 0 Å². The molecule has 0 aliphatic rings. The van der Waals surface area contributed by atoms with Crippen molar-refractivity contribution in [1.29, 1.82) is 0 Å². The molecule has 0 aliphatic carbocycles. The molecule has 0 saturated carbocycles. The van der Waals surface area contributed by atoms with Crippen LogP contribution in [0, 0.1) is 6.92 Å². The molecule has 15 heavy (non-hydrogen) atoms. The van der Waals surface area contributed by atoms with Crippen molar-refractivity contribution in [2.45, 2.75) is 26.9 Å². The second-order valence-electron chi connectivity index (χ2n) is 3.45. The summed E-state index contributed by atoms with van der Waals surface area (Å²) in [6, 6.07) is 0. The van der Waals surface area contributed by atoms with E-state index < -0.39 is 0 Å². The number of H-pyrrole nitrogens is 1. The molecule has 0 atom stereocenters. The van der Waals surface area contributed by atoms with E-state index >= 15 is 0 Å². The maximum absolute atomic E-state index is 4.40. The summed E-state index contributed by atoms with van der Waals surface area (Å²) < 4.78 is 2.09. The maximum Gasteiger partial charge on any atom is 0.203 e. The van der Waals surface area contributed by atoms with E-state index in [0.717, 1.165) is 30.3 Å². The number of aryl methyl sites for hydroxylation is 2. The Morgan fingerprint density at radius 2 is 2.40 bits per heavy atom. The Labute approximate surface area is 88.5 Å². The molecule has 2 rings (SSSR count). The lowest BCUT2D eigenvalue weighted by Crippen LogP contribution is -2.05. The van der Waals surface area contributed by atoms with Crippen molar-refractivity contribution < 1.29 is 0 Å². The van der Waals surface area contributed by atoms with Gasteiger partial charge in [-0.2, -0.15) is 5.10 Å². The highest BCUT2D eigenvalue weighted by Crippen LogP contribution is 2.09. The SMILES string of the molecule is CCn1cc(C)nc1NCc1cn[nH]c1. The summed E-state index contributed by atoms with van der Waals surface area (Å²) >= 11 is 0. The van der Waals surface area contributed by atoms with Crippen LogP contribution in [0.25, 0.3) is 0 Å². The molecule has 0 saturated heterocycles. The van der Waals surface area contributed by atoms with E-state index in [1.807, 2.05) is 19.3 Å². The Bertz CT molecular complexity index is 415. The van der Waals surface area contributed by atoms with Gasteiger partial charge in [-0.3, -0.25) is 5.10 Å². The van der Waals surface area contributed by atoms with E-state index in [2.05, 4.69) is 32.0 Å². The van der Waals surface area contributed by atoms with Crippen molar-refractivity contribution in [3.05, 3.63) is 29.8 Å². The number of aromatic nitrogens is 4. The van der Waals surface area contributed by atoms with Gasteiger partial charge in [-0.25, -0.2) is 4.98 Å². The normalized spacial score (nSPS) is 10.5. The second-order valence-corrected chi connectivity index (χ2v) is 3.45. The first kappa shape index (κ1) is 9.76. The van der Waals surface area contributed by atoms with E-state index in [-0.39, 0.29) is 0 Å². The number of nitrogens with zero attached hydrogens (tertiary/aromatic N) is 3. The number of hydrogen-bond donors (Lipinski definition) is 2. The van der Waals surface area contributed by atoms with Crippen molar-refractivity contribution in [2.24, 2.45) is 0 Å². The van der Waals surface area contributed by atoms with Crippen LogP contribution >= 0.6 is 0 Å². The lowest BCUT2D eigenvalue weighted by molar-refractivity contribution is 0.763. The standard InChI is InChI=1S/C10H15N5/c1-3-15-7-8(2)14-10(15)11-4-9-5-12-13-6-9/h5-7H,3-4H2,1-2H3,(H,11,14)(H,12,13). The Morgan fingerprint density at radius 1 is 1.53 bits per heavy atom. The Kier molecular flexibility index (Phi) is 2.71. The fourth-order valence-electron chi connectivity index (χ4n) is 1.48. The predicted molar refractivity (Wildman–Crippen MR) is 58.6 cm³/mol. The molecular formula is C10H15N5. The summed E-state index contributed by atoms with van der Waals surface area (Å²) in [5, 5.41) is 9.95. The molecule has 5 heteroatoms. The molecule has 0 amide bonds. The number of anilines is 1. The molecule has 2 aromatic heterocycles. The molecule has 0 spiro atoms. The van der Waals surface area contributed by atoms with E-state index in [0.29, 0.717) is 0 Å². The van der Waals surface area contributed by atoms with Gasteiger partial charge in [0.05, 0.1) is 11.9 Å². The number of rotatable bonds is 4. The Balaban J connectivity index is 2.04. The van der Waals surface area contributed by atoms with Crippen LogP contribution in [0.15, 0.2) is 18.6 Å². The first-order chi connectivity index (χ1) is 7.29. The summed E-state index contributed by atoms with van der Waals surface area (Å²) in [5.74, 6) is 0.913. The van der Waals surface area contributed by atoms with Crippen LogP contribution in [0.2, 0.25) is 0 Å². The Hall–Kier alpha value is -1.78. The van der Waals surface area contributed by atoms with Gasteiger partial charge in [0.2, 0.25) is 5.95 Å². The number of imidazole rings is 1. The van der Waals surface area contributed by atoms with Gasteiger partial charge in [0.25, 0.3) is 0 Å². The Morgan fingerprint density at radius 3 is 3.07 bits per heavy atom. The average Bonchev–Trinajstić information content (AvgIpc) is 2.83. The molecule has 0 unspecified atom stereocenters. The monoisotopic (exact) mass is 205 g/mol. The molecule has 0 fully saturated rings. The lowest BCUT2D eigenvalue weighted by Gasteiger charge is -2.05. The smallest absolute Gasteiger partial charge is 0.203 e. The quantitative estimate of drug-likeness (QED) is 0.796. The van der Waals surface area contributed by atoms with Crippen LogP contribution in [0.1, 0.15) is 18.2 Å². The van der Waals surface area contributed by atoms with Gasteiger partial charge < -0.3 is 9.88 Å². The van der Waals surface area contributed by atoms with Gasteiger partial charge in [-0.05, 0) is 13.8 Å². The number of nitrogens with one attached hydrogen (secondary N) is 2. The summed E-state index contributed by atoms with van der Waals surface area (Å²) in [7, 11) is 0. The molecule has 80 valence electrons. The van der Waals surface area contributed by atoms with Gasteiger partial charge in [0.15, 0.2) is 0 Å². The third-order valence-corrected chi connectivity index (χ3v) is 2.24. The third kappa shape index (κ3) is 2.18. The third-order valence-electron chi connectivity index (χ3n) is 2.24. The molecular weight excluding hydrogens is 190 g/mol. The first-order valence-electron chi connectivity index (χ1n) is 5.05. The molecule has 0 aliphatic heterocycles. The van der Waals surface area contributed by atoms with Crippen molar-refractivity contribution in [1.82, 2.24) is 19.7 Å². The van der Waals surface area contributed by atoms with Crippen LogP contribution in [0.3, 0.4) is 0 Å². The highest BCUT2D eigenvalue weighted by Gasteiger charge is 2.03. The summed E-state index contributed by atoms with van der Waals surface area (Å²) in [5.41, 5.74) is 2.16. The van der Waals surface area contributed by atoms with Crippen molar-refractivity contribution in [3.63, 3.8) is 0 Å². The minimum absolute atomic E-state index is 0.743. The highest BCUT2D eigenvalue weighted by atomic mass is 15.2. The van der Waals surface area contributed by atoms with Gasteiger partial charge in [-0.15, -0.1) is 0 Å². The maximum atomic E-state index is 4.40. The van der Waals surface area contributed by atoms with Crippen molar-refractivity contribution in [3.8, 4) is 0 Å². The second kappa shape index (κ2) is 4.16. The molecule has 0 bridgehead atoms. The zero-order valence-electron chi connectivity index (χ0n) is 8.99. The average molecular weight is 205 g/mol. The summed E-state index contributed by atoms with van der Waals surface area (Å²) in [6.07, 6.45) is 5.72. The molecule has 0 aromatic carbocycles. The largest absolute Gasteiger partial charge is 0.351 e. The van der Waals surface area contributed by atoms with Gasteiger partial charge >= 0.3 is 0 Å². The van der Waals surface area contributed by atoms with Crippen molar-refractivity contribution >= 4 is 5.95 Å².